The van der Waals surface area contributed by atoms with Gasteiger partial charge in [0.05, 0.1) is 23.4 Å². The van der Waals surface area contributed by atoms with Crippen LogP contribution in [0.1, 0.15) is 23.0 Å². The Labute approximate surface area is 208 Å². The zero-order chi connectivity index (χ0) is 25.1. The number of hydrogen-bond donors (Lipinski definition) is 2. The van der Waals surface area contributed by atoms with Gasteiger partial charge in [-0.25, -0.2) is 19.7 Å². The van der Waals surface area contributed by atoms with Crippen molar-refractivity contribution in [2.24, 2.45) is 0 Å². The van der Waals surface area contributed by atoms with Crippen LogP contribution in [0, 0.1) is 10.1 Å². The van der Waals surface area contributed by atoms with Gasteiger partial charge in [-0.3, -0.25) is 14.7 Å². The highest BCUT2D eigenvalue weighted by molar-refractivity contribution is 8.00. The molecule has 13 heteroatoms. The molecular formula is C23H20N6O6S. The number of nitrogens with one attached hydrogen (secondary N) is 1. The molecule has 1 aliphatic heterocycles. The van der Waals surface area contributed by atoms with Crippen LogP contribution in [0.5, 0.6) is 0 Å². The van der Waals surface area contributed by atoms with E-state index in [-0.39, 0.29) is 18.7 Å². The van der Waals surface area contributed by atoms with Crippen LogP contribution in [0.3, 0.4) is 0 Å². The lowest BCUT2D eigenvalue weighted by molar-refractivity contribution is -0.387. The summed E-state index contributed by atoms with van der Waals surface area (Å²) >= 11 is 1.04. The van der Waals surface area contributed by atoms with Gasteiger partial charge in [0.25, 0.3) is 5.69 Å². The highest BCUT2D eigenvalue weighted by Crippen LogP contribution is 2.35. The SMILES string of the molecule is O=C(O[C@H]1C[C@H](n2cnc3c(NSc4ccccc4[N+](=O)[O-])ncnc32)O[C@@H]1CO)c1ccccc1. The van der Waals surface area contributed by atoms with Crippen LogP contribution in [0.15, 0.2) is 72.1 Å². The molecule has 0 spiro atoms. The fourth-order valence-electron chi connectivity index (χ4n) is 3.87. The fourth-order valence-corrected chi connectivity index (χ4v) is 4.62. The van der Waals surface area contributed by atoms with Gasteiger partial charge in [-0.1, -0.05) is 30.3 Å². The molecule has 2 aromatic carbocycles. The average molecular weight is 509 g/mol. The number of carbonyl (C=O) groups excluding carboxylic acids is 1. The molecule has 1 aliphatic rings. The predicted octanol–water partition coefficient (Wildman–Crippen LogP) is 3.36. The highest BCUT2D eigenvalue weighted by atomic mass is 32.2. The van der Waals surface area contributed by atoms with E-state index in [1.54, 1.807) is 53.1 Å². The van der Waals surface area contributed by atoms with Crippen LogP contribution in [-0.4, -0.2) is 54.3 Å². The molecule has 3 atom stereocenters. The number of nitro groups is 1. The maximum atomic E-state index is 12.5. The number of hydrogen-bond acceptors (Lipinski definition) is 11. The number of rotatable bonds is 8. The molecule has 4 aromatic rings. The van der Waals surface area contributed by atoms with Crippen LogP contribution >= 0.6 is 11.9 Å². The van der Waals surface area contributed by atoms with Gasteiger partial charge in [0.2, 0.25) is 0 Å². The quantitative estimate of drug-likeness (QED) is 0.156. The number of para-hydroxylation sites is 1. The van der Waals surface area contributed by atoms with Crippen LogP contribution in [0.4, 0.5) is 11.5 Å². The van der Waals surface area contributed by atoms with Crippen molar-refractivity contribution in [1.82, 2.24) is 19.5 Å². The van der Waals surface area contributed by atoms with E-state index in [2.05, 4.69) is 19.7 Å². The molecule has 184 valence electrons. The number of imidazole rings is 1. The molecule has 0 aliphatic carbocycles. The number of anilines is 1. The van der Waals surface area contributed by atoms with Gasteiger partial charge in [-0.05, 0) is 30.1 Å². The normalized spacial score (nSPS) is 19.3. The van der Waals surface area contributed by atoms with Crippen molar-refractivity contribution in [2.45, 2.75) is 29.8 Å². The summed E-state index contributed by atoms with van der Waals surface area (Å²) in [6.45, 7) is -0.329. The number of nitro benzene ring substituents is 1. The van der Waals surface area contributed by atoms with E-state index in [9.17, 15) is 20.0 Å². The Morgan fingerprint density at radius 1 is 1.19 bits per heavy atom. The Bertz CT molecular complexity index is 1400. The Hall–Kier alpha value is -4.07. The number of aliphatic hydroxyl groups excluding tert-OH is 1. The third kappa shape index (κ3) is 4.71. The molecule has 12 nitrogen and oxygen atoms in total. The third-order valence-corrected chi connectivity index (χ3v) is 6.48. The van der Waals surface area contributed by atoms with E-state index >= 15 is 0 Å². The summed E-state index contributed by atoms with van der Waals surface area (Å²) in [6, 6.07) is 14.9. The largest absolute Gasteiger partial charge is 0.456 e. The lowest BCUT2D eigenvalue weighted by Gasteiger charge is -2.16. The Balaban J connectivity index is 1.34. The summed E-state index contributed by atoms with van der Waals surface area (Å²) in [6.07, 6.45) is 1.18. The molecule has 1 fully saturated rings. The van der Waals surface area contributed by atoms with Crippen molar-refractivity contribution in [2.75, 3.05) is 11.3 Å². The van der Waals surface area contributed by atoms with E-state index in [0.717, 1.165) is 11.9 Å². The summed E-state index contributed by atoms with van der Waals surface area (Å²) in [7, 11) is 0. The third-order valence-electron chi connectivity index (χ3n) is 5.62. The number of nitrogens with zero attached hydrogens (tertiary/aromatic N) is 5. The topological polar surface area (TPSA) is 155 Å². The minimum Gasteiger partial charge on any atom is -0.456 e. The lowest BCUT2D eigenvalue weighted by Crippen LogP contribution is -2.30. The number of aromatic nitrogens is 4. The number of esters is 1. The van der Waals surface area contributed by atoms with Crippen molar-refractivity contribution in [3.8, 4) is 0 Å². The zero-order valence-corrected chi connectivity index (χ0v) is 19.4. The van der Waals surface area contributed by atoms with E-state index < -0.39 is 29.3 Å². The number of fused-ring (bicyclic) bond motifs is 1. The summed E-state index contributed by atoms with van der Waals surface area (Å²) in [4.78, 5) is 36.7. The summed E-state index contributed by atoms with van der Waals surface area (Å²) in [5.74, 6) is -0.134. The Kier molecular flexibility index (Phi) is 6.75. The molecule has 2 aromatic heterocycles. The molecule has 0 bridgehead atoms. The van der Waals surface area contributed by atoms with Gasteiger partial charge in [0.1, 0.15) is 29.7 Å². The Morgan fingerprint density at radius 3 is 2.75 bits per heavy atom. The molecule has 0 amide bonds. The molecular weight excluding hydrogens is 488 g/mol. The molecule has 2 N–H and O–H groups in total. The molecule has 5 rings (SSSR count). The molecule has 1 saturated heterocycles. The highest BCUT2D eigenvalue weighted by Gasteiger charge is 2.39. The molecule has 0 radical (unpaired) electrons. The summed E-state index contributed by atoms with van der Waals surface area (Å²) < 4.78 is 16.3. The minimum atomic E-state index is -0.714. The smallest absolute Gasteiger partial charge is 0.338 e. The monoisotopic (exact) mass is 508 g/mol. The second-order valence-corrected chi connectivity index (χ2v) is 8.68. The predicted molar refractivity (Wildman–Crippen MR) is 129 cm³/mol. The molecule has 0 saturated carbocycles. The first-order chi connectivity index (χ1) is 17.5. The first-order valence-corrected chi connectivity index (χ1v) is 11.7. The van der Waals surface area contributed by atoms with E-state index in [1.165, 1.54) is 18.7 Å². The van der Waals surface area contributed by atoms with Crippen LogP contribution in [0.2, 0.25) is 0 Å². The minimum absolute atomic E-state index is 0.0312. The van der Waals surface area contributed by atoms with Crippen LogP contribution in [-0.2, 0) is 9.47 Å². The number of aliphatic hydroxyl groups is 1. The van der Waals surface area contributed by atoms with Crippen molar-refractivity contribution in [3.63, 3.8) is 0 Å². The number of benzene rings is 2. The van der Waals surface area contributed by atoms with Gasteiger partial charge in [0, 0.05) is 12.5 Å². The first-order valence-electron chi connectivity index (χ1n) is 10.9. The number of ether oxygens (including phenoxy) is 2. The maximum absolute atomic E-state index is 12.5. The van der Waals surface area contributed by atoms with E-state index in [0.29, 0.717) is 27.4 Å². The standard InChI is InChI=1S/C23H20N6O6S/c30-11-17-16(35-23(31)14-6-2-1-3-7-14)10-19(34-17)28-13-26-20-21(24-12-25-22(20)28)27-36-18-9-5-4-8-15(18)29(32)33/h1-9,12-13,16-17,19,30H,10-11H2,(H,24,25,27)/t16-,17+,19+/m0/s1. The second-order valence-electron chi connectivity index (χ2n) is 7.83. The van der Waals surface area contributed by atoms with Gasteiger partial charge >= 0.3 is 5.97 Å². The van der Waals surface area contributed by atoms with Gasteiger partial charge < -0.3 is 19.3 Å². The molecule has 0 unspecified atom stereocenters. The van der Waals surface area contributed by atoms with Crippen LogP contribution in [0.25, 0.3) is 11.2 Å². The summed E-state index contributed by atoms with van der Waals surface area (Å²) in [5.41, 5.74) is 1.26. The van der Waals surface area contributed by atoms with Crippen molar-refractivity contribution < 1.29 is 24.3 Å². The van der Waals surface area contributed by atoms with Crippen molar-refractivity contribution in [3.05, 3.63) is 82.9 Å². The van der Waals surface area contributed by atoms with Gasteiger partial charge in [-0.15, -0.1) is 0 Å². The number of carbonyl (C=O) groups is 1. The van der Waals surface area contributed by atoms with Crippen molar-refractivity contribution >= 4 is 40.6 Å². The van der Waals surface area contributed by atoms with Gasteiger partial charge in [-0.2, -0.15) is 0 Å². The zero-order valence-electron chi connectivity index (χ0n) is 18.6. The van der Waals surface area contributed by atoms with E-state index in [1.807, 2.05) is 0 Å². The van der Waals surface area contributed by atoms with Crippen LogP contribution < -0.4 is 4.72 Å². The molecule has 3 heterocycles. The lowest BCUT2D eigenvalue weighted by atomic mass is 10.1. The molecule has 36 heavy (non-hydrogen) atoms. The fraction of sp³-hybridized carbons (Fsp3) is 0.217. The summed E-state index contributed by atoms with van der Waals surface area (Å²) in [5, 5.41) is 21.1. The van der Waals surface area contributed by atoms with Gasteiger partial charge in [0.15, 0.2) is 17.0 Å². The average Bonchev–Trinajstić information content (AvgIpc) is 3.52. The maximum Gasteiger partial charge on any atom is 0.338 e. The second kappa shape index (κ2) is 10.3. The first kappa shape index (κ1) is 23.7. The van der Waals surface area contributed by atoms with Crippen molar-refractivity contribution in [1.29, 1.82) is 0 Å². The Morgan fingerprint density at radius 2 is 1.97 bits per heavy atom. The van der Waals surface area contributed by atoms with E-state index in [4.69, 9.17) is 9.47 Å².